The van der Waals surface area contributed by atoms with Crippen molar-refractivity contribution in [1.82, 2.24) is 19.6 Å². The summed E-state index contributed by atoms with van der Waals surface area (Å²) >= 11 is 0. The van der Waals surface area contributed by atoms with Gasteiger partial charge >= 0.3 is 6.09 Å². The number of piperidine rings is 1. The average Bonchev–Trinajstić information content (AvgIpc) is 3.35. The Morgan fingerprint density at radius 2 is 1.55 bits per heavy atom. The van der Waals surface area contributed by atoms with E-state index in [9.17, 15) is 22.4 Å². The van der Waals surface area contributed by atoms with Gasteiger partial charge in [0.15, 0.2) is 0 Å². The zero-order valence-electron chi connectivity index (χ0n) is 20.7. The number of carbonyl (C=O) groups is 2. The Labute approximate surface area is 220 Å². The second kappa shape index (κ2) is 10.7. The van der Waals surface area contributed by atoms with E-state index in [0.717, 1.165) is 17.7 Å². The van der Waals surface area contributed by atoms with E-state index in [1.54, 1.807) is 15.9 Å². The molecule has 2 aromatic rings. The number of hydrogen-bond donors (Lipinski definition) is 1. The monoisotopic (exact) mass is 544 g/mol. The first-order chi connectivity index (χ1) is 18.3. The van der Waals surface area contributed by atoms with Gasteiger partial charge in [-0.25, -0.2) is 17.6 Å². The number of amides is 2. The van der Waals surface area contributed by atoms with Gasteiger partial charge < -0.3 is 14.5 Å². The first kappa shape index (κ1) is 26.1. The van der Waals surface area contributed by atoms with Crippen LogP contribution in [0.4, 0.5) is 9.18 Å². The van der Waals surface area contributed by atoms with Crippen LogP contribution >= 0.6 is 0 Å². The Hall–Kier alpha value is -3.48. The van der Waals surface area contributed by atoms with E-state index in [0.29, 0.717) is 44.7 Å². The van der Waals surface area contributed by atoms with Crippen molar-refractivity contribution in [1.29, 1.82) is 0 Å². The molecule has 3 aliphatic rings. The van der Waals surface area contributed by atoms with Crippen LogP contribution in [0.3, 0.4) is 0 Å². The zero-order valence-corrected chi connectivity index (χ0v) is 21.5. The first-order valence-corrected chi connectivity index (χ1v) is 13.9. The molecule has 0 atom stereocenters. The number of hydrogen-bond acceptors (Lipinski definition) is 7. The normalized spacial score (nSPS) is 19.7. The highest BCUT2D eigenvalue weighted by atomic mass is 32.2. The van der Waals surface area contributed by atoms with Gasteiger partial charge in [-0.3, -0.25) is 15.1 Å². The highest BCUT2D eigenvalue weighted by molar-refractivity contribution is 7.89. The van der Waals surface area contributed by atoms with Crippen molar-refractivity contribution in [3.05, 3.63) is 77.8 Å². The fourth-order valence-electron chi connectivity index (χ4n) is 4.76. The first-order valence-electron chi connectivity index (χ1n) is 12.4. The number of halogens is 1. The highest BCUT2D eigenvalue weighted by Gasteiger charge is 2.43. The summed E-state index contributed by atoms with van der Waals surface area (Å²) in [6.07, 6.45) is 2.04. The summed E-state index contributed by atoms with van der Waals surface area (Å²) in [5.74, 6) is -0.737. The minimum Gasteiger partial charge on any atom is -0.445 e. The third kappa shape index (κ3) is 5.52. The number of sulfonamides is 1. The molecule has 1 spiro atoms. The van der Waals surface area contributed by atoms with E-state index in [1.807, 2.05) is 30.3 Å². The standard InChI is InChI=1S/C26H29FN4O6S/c27-21-6-8-22(9-7-21)38(34,35)31-12-10-26(11-13-31)18-23(28-37-26)24(32)29-14-16-30(17-15-29)25(33)36-19-20-4-2-1-3-5-20/h1-9,18,28H,10-17,19H2. The molecule has 0 bridgehead atoms. The molecule has 3 aliphatic heterocycles. The van der Waals surface area contributed by atoms with Gasteiger partial charge in [0.05, 0.1) is 4.90 Å². The van der Waals surface area contributed by atoms with Gasteiger partial charge in [0, 0.05) is 39.3 Å². The van der Waals surface area contributed by atoms with Gasteiger partial charge in [0.25, 0.3) is 5.91 Å². The van der Waals surface area contributed by atoms with Gasteiger partial charge in [-0.05, 0) is 48.7 Å². The summed E-state index contributed by atoms with van der Waals surface area (Å²) in [7, 11) is -3.75. The van der Waals surface area contributed by atoms with Crippen LogP contribution in [0.5, 0.6) is 0 Å². The van der Waals surface area contributed by atoms with Crippen LogP contribution in [0.25, 0.3) is 0 Å². The lowest BCUT2D eigenvalue weighted by Gasteiger charge is -2.35. The van der Waals surface area contributed by atoms with E-state index < -0.39 is 27.5 Å². The van der Waals surface area contributed by atoms with Crippen LogP contribution in [0.2, 0.25) is 0 Å². The van der Waals surface area contributed by atoms with Crippen molar-refractivity contribution in [2.24, 2.45) is 0 Å². The molecule has 1 N–H and O–H groups in total. The number of benzene rings is 2. The molecule has 3 heterocycles. The second-order valence-electron chi connectivity index (χ2n) is 9.50. The number of hydroxylamine groups is 1. The van der Waals surface area contributed by atoms with Crippen LogP contribution < -0.4 is 5.48 Å². The molecule has 0 unspecified atom stereocenters. The molecule has 2 aromatic carbocycles. The Morgan fingerprint density at radius 3 is 2.21 bits per heavy atom. The quantitative estimate of drug-likeness (QED) is 0.615. The SMILES string of the molecule is O=C(OCc1ccccc1)N1CCN(C(=O)C2=CC3(CCN(S(=O)(=O)c4ccc(F)cc4)CC3)ON2)CC1. The molecule has 5 rings (SSSR count). The third-order valence-corrected chi connectivity index (χ3v) is 8.97. The predicted molar refractivity (Wildman–Crippen MR) is 134 cm³/mol. The van der Waals surface area contributed by atoms with E-state index in [-0.39, 0.29) is 30.5 Å². The molecule has 2 amide bonds. The minimum atomic E-state index is -3.75. The Kier molecular flexibility index (Phi) is 7.37. The van der Waals surface area contributed by atoms with Crippen molar-refractivity contribution in [3.8, 4) is 0 Å². The summed E-state index contributed by atoms with van der Waals surface area (Å²) in [4.78, 5) is 34.5. The van der Waals surface area contributed by atoms with E-state index in [4.69, 9.17) is 9.57 Å². The Balaban J connectivity index is 1.12. The van der Waals surface area contributed by atoms with Crippen LogP contribution in [-0.2, 0) is 31.0 Å². The minimum absolute atomic E-state index is 0.0369. The van der Waals surface area contributed by atoms with Gasteiger partial charge in [-0.1, -0.05) is 30.3 Å². The van der Waals surface area contributed by atoms with Crippen molar-refractivity contribution in [2.75, 3.05) is 39.3 Å². The van der Waals surface area contributed by atoms with Gasteiger partial charge in [0.2, 0.25) is 10.0 Å². The molecular formula is C26H29FN4O6S. The number of piperazine rings is 1. The van der Waals surface area contributed by atoms with E-state index >= 15 is 0 Å². The van der Waals surface area contributed by atoms with E-state index in [2.05, 4.69) is 5.48 Å². The molecule has 2 saturated heterocycles. The van der Waals surface area contributed by atoms with Crippen LogP contribution in [0.15, 0.2) is 71.3 Å². The molecule has 12 heteroatoms. The van der Waals surface area contributed by atoms with E-state index in [1.165, 1.54) is 16.4 Å². The summed E-state index contributed by atoms with van der Waals surface area (Å²) < 4.78 is 45.7. The maximum absolute atomic E-state index is 13.2. The number of nitrogens with zero attached hydrogens (tertiary/aromatic N) is 3. The maximum Gasteiger partial charge on any atom is 0.410 e. The fraction of sp³-hybridized carbons (Fsp3) is 0.385. The molecule has 2 fully saturated rings. The molecule has 0 saturated carbocycles. The topological polar surface area (TPSA) is 108 Å². The number of rotatable bonds is 5. The highest BCUT2D eigenvalue weighted by Crippen LogP contribution is 2.34. The lowest BCUT2D eigenvalue weighted by atomic mass is 9.92. The Bertz CT molecular complexity index is 1300. The summed E-state index contributed by atoms with van der Waals surface area (Å²) in [5.41, 5.74) is 3.15. The van der Waals surface area contributed by atoms with Crippen molar-refractivity contribution < 1.29 is 32.0 Å². The Morgan fingerprint density at radius 1 is 0.921 bits per heavy atom. The third-order valence-electron chi connectivity index (χ3n) is 7.05. The summed E-state index contributed by atoms with van der Waals surface area (Å²) in [6.45, 7) is 2.01. The number of nitrogens with one attached hydrogen (secondary N) is 1. The van der Waals surface area contributed by atoms with Crippen molar-refractivity contribution >= 4 is 22.0 Å². The molecule has 0 aliphatic carbocycles. The average molecular weight is 545 g/mol. The maximum atomic E-state index is 13.2. The number of ether oxygens (including phenoxy) is 1. The van der Waals surface area contributed by atoms with Crippen LogP contribution in [0.1, 0.15) is 18.4 Å². The molecule has 202 valence electrons. The molecule has 0 aromatic heterocycles. The van der Waals surface area contributed by atoms with Gasteiger partial charge in [-0.15, -0.1) is 0 Å². The lowest BCUT2D eigenvalue weighted by Crippen LogP contribution is -2.51. The van der Waals surface area contributed by atoms with Crippen LogP contribution in [0, 0.1) is 5.82 Å². The van der Waals surface area contributed by atoms with Crippen molar-refractivity contribution in [3.63, 3.8) is 0 Å². The smallest absolute Gasteiger partial charge is 0.410 e. The van der Waals surface area contributed by atoms with Gasteiger partial charge in [-0.2, -0.15) is 4.31 Å². The zero-order chi connectivity index (χ0) is 26.8. The molecular weight excluding hydrogens is 515 g/mol. The molecule has 10 nitrogen and oxygen atoms in total. The predicted octanol–water partition coefficient (Wildman–Crippen LogP) is 2.25. The molecule has 0 radical (unpaired) electrons. The largest absolute Gasteiger partial charge is 0.445 e. The summed E-state index contributed by atoms with van der Waals surface area (Å²) in [6, 6.07) is 14.2. The summed E-state index contributed by atoms with van der Waals surface area (Å²) in [5, 5.41) is 0. The fourth-order valence-corrected chi connectivity index (χ4v) is 6.21. The van der Waals surface area contributed by atoms with Crippen LogP contribution in [-0.4, -0.2) is 79.4 Å². The lowest BCUT2D eigenvalue weighted by molar-refractivity contribution is -0.131. The van der Waals surface area contributed by atoms with Gasteiger partial charge in [0.1, 0.15) is 23.7 Å². The van der Waals surface area contributed by atoms with Crippen molar-refractivity contribution in [2.45, 2.75) is 29.9 Å². The molecule has 38 heavy (non-hydrogen) atoms. The number of carbonyl (C=O) groups excluding carboxylic acids is 2. The second-order valence-corrected chi connectivity index (χ2v) is 11.4.